The van der Waals surface area contributed by atoms with Crippen LogP contribution in [0.1, 0.15) is 44.0 Å². The Morgan fingerprint density at radius 3 is 2.46 bits per heavy atom. The first-order chi connectivity index (χ1) is 17.0. The molecule has 0 bridgehead atoms. The number of esters is 1. The van der Waals surface area contributed by atoms with Gasteiger partial charge in [-0.05, 0) is 68.4 Å². The van der Waals surface area contributed by atoms with Gasteiger partial charge in [0.15, 0.2) is 5.17 Å². The molecule has 1 fully saturated rings. The van der Waals surface area contributed by atoms with Crippen LogP contribution in [0.15, 0.2) is 62.3 Å². The minimum Gasteiger partial charge on any atom is -0.497 e. The number of rotatable bonds is 8. The zero-order valence-corrected chi connectivity index (χ0v) is 22.0. The van der Waals surface area contributed by atoms with Crippen molar-refractivity contribution < 1.29 is 19.1 Å². The molecule has 9 heteroatoms. The summed E-state index contributed by atoms with van der Waals surface area (Å²) in [4.78, 5) is 36.1. The summed E-state index contributed by atoms with van der Waals surface area (Å²) in [5, 5.41) is 1.58. The summed E-state index contributed by atoms with van der Waals surface area (Å²) in [6, 6.07) is 12.9. The van der Waals surface area contributed by atoms with Gasteiger partial charge < -0.3 is 14.4 Å². The van der Waals surface area contributed by atoms with Gasteiger partial charge in [-0.1, -0.05) is 25.1 Å². The van der Waals surface area contributed by atoms with Gasteiger partial charge in [0.05, 0.1) is 30.7 Å². The topological polar surface area (TPSA) is 71.4 Å². The van der Waals surface area contributed by atoms with E-state index < -0.39 is 0 Å². The maximum absolute atomic E-state index is 13.6. The van der Waals surface area contributed by atoms with Gasteiger partial charge in [-0.3, -0.25) is 9.69 Å². The van der Waals surface area contributed by atoms with Crippen LogP contribution < -0.4 is 9.64 Å². The lowest BCUT2D eigenvalue weighted by molar-refractivity contribution is -0.122. The van der Waals surface area contributed by atoms with Crippen molar-refractivity contribution >= 4 is 51.9 Å². The first kappa shape index (κ1) is 25.2. The minimum absolute atomic E-state index is 0.0222. The monoisotopic (exact) mass is 511 g/mol. The highest BCUT2D eigenvalue weighted by Gasteiger charge is 2.39. The van der Waals surface area contributed by atoms with Gasteiger partial charge in [0.1, 0.15) is 15.7 Å². The molecule has 0 N–H and O–H groups in total. The van der Waals surface area contributed by atoms with Gasteiger partial charge in [-0.2, -0.15) is 0 Å². The molecule has 2 aliphatic heterocycles. The number of aliphatic imine (C=N–C) groups is 1. The molecule has 0 radical (unpaired) electrons. The third kappa shape index (κ3) is 5.21. The van der Waals surface area contributed by atoms with Crippen molar-refractivity contribution in [1.29, 1.82) is 0 Å². The summed E-state index contributed by atoms with van der Waals surface area (Å²) in [7, 11) is 1.66. The van der Waals surface area contributed by atoms with E-state index in [0.717, 1.165) is 40.7 Å². The molecule has 2 aliphatic rings. The molecule has 1 saturated heterocycles. The van der Waals surface area contributed by atoms with Gasteiger partial charge in [-0.25, -0.2) is 9.79 Å². The Labute approximate surface area is 214 Å². The van der Waals surface area contributed by atoms with Crippen LogP contribution in [0, 0.1) is 0 Å². The van der Waals surface area contributed by atoms with Crippen LogP contribution in [0.4, 0.5) is 11.4 Å². The number of unbranched alkanes of at least 4 members (excludes halogenated alkanes) is 1. The fourth-order valence-corrected chi connectivity index (χ4v) is 6.20. The molecule has 0 unspecified atom stereocenters. The molecule has 0 aliphatic carbocycles. The number of ether oxygens (including phenoxy) is 2. The molecule has 0 spiro atoms. The smallest absolute Gasteiger partial charge is 0.338 e. The molecule has 1 amide bonds. The molecule has 0 atom stereocenters. The predicted octanol–water partition coefficient (Wildman–Crippen LogP) is 6.04. The number of carbonyl (C=O) groups excluding carboxylic acids is 2. The van der Waals surface area contributed by atoms with Crippen molar-refractivity contribution in [3.63, 3.8) is 0 Å². The summed E-state index contributed by atoms with van der Waals surface area (Å²) >= 11 is 3.02. The zero-order valence-electron chi connectivity index (χ0n) is 20.4. The maximum Gasteiger partial charge on any atom is 0.338 e. The average Bonchev–Trinajstić information content (AvgIpc) is 3.39. The Balaban J connectivity index is 1.68. The van der Waals surface area contributed by atoms with E-state index in [0.29, 0.717) is 34.5 Å². The second kappa shape index (κ2) is 11.2. The van der Waals surface area contributed by atoms with Crippen LogP contribution in [0.3, 0.4) is 0 Å². The molecule has 7 nitrogen and oxygen atoms in total. The van der Waals surface area contributed by atoms with Gasteiger partial charge >= 0.3 is 5.97 Å². The van der Waals surface area contributed by atoms with Crippen molar-refractivity contribution in [3.05, 3.63) is 58.0 Å². The molecule has 0 saturated carbocycles. The number of amidine groups is 1. The molecule has 2 aromatic rings. The number of nitrogens with zero attached hydrogens (tertiary/aromatic N) is 3. The molecule has 184 valence electrons. The van der Waals surface area contributed by atoms with Crippen molar-refractivity contribution in [1.82, 2.24) is 4.90 Å². The van der Waals surface area contributed by atoms with Gasteiger partial charge in [-0.15, -0.1) is 0 Å². The summed E-state index contributed by atoms with van der Waals surface area (Å²) < 4.78 is 10.5. The number of fused-ring (bicyclic) bond motifs is 1. The van der Waals surface area contributed by atoms with Crippen molar-refractivity contribution in [3.8, 4) is 5.75 Å². The van der Waals surface area contributed by atoms with E-state index in [-0.39, 0.29) is 11.9 Å². The quantitative estimate of drug-likeness (QED) is 0.316. The van der Waals surface area contributed by atoms with E-state index in [4.69, 9.17) is 14.5 Å². The first-order valence-corrected chi connectivity index (χ1v) is 13.4. The lowest BCUT2D eigenvalue weighted by atomic mass is 10.2. The number of benzene rings is 2. The Bertz CT molecular complexity index is 1180. The Kier molecular flexibility index (Phi) is 8.07. The molecule has 0 aromatic heterocycles. The number of carbonyl (C=O) groups is 2. The second-order valence-corrected chi connectivity index (χ2v) is 9.90. The Morgan fingerprint density at radius 2 is 1.80 bits per heavy atom. The van der Waals surface area contributed by atoms with E-state index in [9.17, 15) is 9.59 Å². The van der Waals surface area contributed by atoms with Crippen LogP contribution in [0.25, 0.3) is 0 Å². The Morgan fingerprint density at radius 1 is 1.03 bits per heavy atom. The average molecular weight is 512 g/mol. The fourth-order valence-electron chi connectivity index (χ4n) is 3.80. The normalized spacial score (nSPS) is 18.4. The summed E-state index contributed by atoms with van der Waals surface area (Å²) in [5.74, 6) is 0.409. The SMILES string of the molecule is CCCCN1C(=O)C(=C2Sc3ccc(OC)cc3N2CC)SC1=Nc1ccc(C(=O)OCC)cc1. The van der Waals surface area contributed by atoms with Crippen LogP contribution in [0.2, 0.25) is 0 Å². The summed E-state index contributed by atoms with van der Waals surface area (Å²) in [6.07, 6.45) is 1.86. The minimum atomic E-state index is -0.358. The van der Waals surface area contributed by atoms with E-state index >= 15 is 0 Å². The third-order valence-corrected chi connectivity index (χ3v) is 8.00. The van der Waals surface area contributed by atoms with E-state index in [1.807, 2.05) is 18.2 Å². The number of methoxy groups -OCH3 is 1. The largest absolute Gasteiger partial charge is 0.497 e. The molecule has 35 heavy (non-hydrogen) atoms. The van der Waals surface area contributed by atoms with Crippen LogP contribution in [-0.2, 0) is 9.53 Å². The van der Waals surface area contributed by atoms with Gasteiger partial charge in [0.25, 0.3) is 5.91 Å². The van der Waals surface area contributed by atoms with E-state index in [2.05, 4.69) is 18.7 Å². The van der Waals surface area contributed by atoms with Crippen LogP contribution in [0.5, 0.6) is 5.75 Å². The molecular weight excluding hydrogens is 482 g/mol. The number of hydrogen-bond acceptors (Lipinski definition) is 8. The van der Waals surface area contributed by atoms with Crippen LogP contribution in [-0.4, -0.2) is 48.8 Å². The van der Waals surface area contributed by atoms with E-state index in [1.165, 1.54) is 11.8 Å². The second-order valence-electron chi connectivity index (χ2n) is 7.89. The Hall–Kier alpha value is -2.91. The highest BCUT2D eigenvalue weighted by Crippen LogP contribution is 2.51. The maximum atomic E-state index is 13.6. The number of anilines is 1. The van der Waals surface area contributed by atoms with Crippen molar-refractivity contribution in [2.75, 3.05) is 31.7 Å². The molecular formula is C26H29N3O4S2. The summed E-state index contributed by atoms with van der Waals surface area (Å²) in [6.45, 7) is 7.63. The molecule has 2 aromatic carbocycles. The van der Waals surface area contributed by atoms with Crippen molar-refractivity contribution in [2.24, 2.45) is 4.99 Å². The number of thioether (sulfide) groups is 2. The lowest BCUT2D eigenvalue weighted by Crippen LogP contribution is -2.30. The first-order valence-electron chi connectivity index (χ1n) is 11.7. The highest BCUT2D eigenvalue weighted by molar-refractivity contribution is 8.19. The van der Waals surface area contributed by atoms with Gasteiger partial charge in [0, 0.05) is 24.1 Å². The van der Waals surface area contributed by atoms with Crippen molar-refractivity contribution in [2.45, 2.75) is 38.5 Å². The predicted molar refractivity (Wildman–Crippen MR) is 143 cm³/mol. The highest BCUT2D eigenvalue weighted by atomic mass is 32.2. The van der Waals surface area contributed by atoms with Crippen LogP contribution >= 0.6 is 23.5 Å². The molecule has 2 heterocycles. The van der Waals surface area contributed by atoms with E-state index in [1.54, 1.807) is 55.0 Å². The zero-order chi connectivity index (χ0) is 24.9. The molecule has 4 rings (SSSR count). The fraction of sp³-hybridized carbons (Fsp3) is 0.346. The standard InChI is InChI=1S/C26H29N3O4S2/c1-5-8-15-29-23(30)22(24-28(6-2)20-16-19(32-4)13-14-21(20)34-24)35-26(29)27-18-11-9-17(10-12-18)25(31)33-7-3/h9-14,16H,5-8,15H2,1-4H3. The number of amides is 1. The lowest BCUT2D eigenvalue weighted by Gasteiger charge is -2.19. The third-order valence-electron chi connectivity index (χ3n) is 5.62. The summed E-state index contributed by atoms with van der Waals surface area (Å²) in [5.41, 5.74) is 2.21. The van der Waals surface area contributed by atoms with Gasteiger partial charge in [0.2, 0.25) is 0 Å². The number of hydrogen-bond donors (Lipinski definition) is 0.